The van der Waals surface area contributed by atoms with Crippen LogP contribution in [0.1, 0.15) is 5.56 Å². The van der Waals surface area contributed by atoms with E-state index in [9.17, 15) is 26.4 Å². The number of hydrogen-bond acceptors (Lipinski definition) is 4. The molecule has 0 fully saturated rings. The molecule has 1 aromatic carbocycles. The maximum Gasteiger partial charge on any atom is 0.534 e. The van der Waals surface area contributed by atoms with Gasteiger partial charge in [-0.05, 0) is 23.8 Å². The maximum absolute atomic E-state index is 12.0. The Hall–Kier alpha value is -2.03. The van der Waals surface area contributed by atoms with Crippen LogP contribution in [0.25, 0.3) is 6.08 Å². The van der Waals surface area contributed by atoms with Crippen molar-refractivity contribution in [1.29, 1.82) is 0 Å². The predicted molar refractivity (Wildman–Crippen MR) is 58.7 cm³/mol. The minimum Gasteiger partial charge on any atom is -0.478 e. The van der Waals surface area contributed by atoms with Gasteiger partial charge in [-0.25, -0.2) is 4.79 Å². The lowest BCUT2D eigenvalue weighted by molar-refractivity contribution is -0.131. The van der Waals surface area contributed by atoms with E-state index < -0.39 is 27.3 Å². The van der Waals surface area contributed by atoms with E-state index in [1.165, 1.54) is 18.2 Å². The average molecular weight is 296 g/mol. The van der Waals surface area contributed by atoms with Crippen LogP contribution in [0.15, 0.2) is 30.3 Å². The zero-order valence-electron chi connectivity index (χ0n) is 9.09. The second-order valence-electron chi connectivity index (χ2n) is 3.22. The Kier molecular flexibility index (Phi) is 4.20. The van der Waals surface area contributed by atoms with Crippen LogP contribution >= 0.6 is 0 Å². The van der Waals surface area contributed by atoms with Gasteiger partial charge in [0.05, 0.1) is 0 Å². The molecule has 0 spiro atoms. The number of rotatable bonds is 4. The van der Waals surface area contributed by atoms with Gasteiger partial charge in [0.2, 0.25) is 0 Å². The molecule has 0 radical (unpaired) electrons. The molecule has 0 aliphatic carbocycles. The SMILES string of the molecule is O=C(O)/C=C/c1ccc(OS(=O)(=O)C(F)(F)F)cc1. The molecule has 1 N–H and O–H groups in total. The van der Waals surface area contributed by atoms with Crippen molar-refractivity contribution in [3.8, 4) is 5.75 Å². The van der Waals surface area contributed by atoms with Crippen molar-refractivity contribution in [2.45, 2.75) is 5.51 Å². The van der Waals surface area contributed by atoms with E-state index in [4.69, 9.17) is 5.11 Å². The number of alkyl halides is 3. The molecule has 0 amide bonds. The van der Waals surface area contributed by atoms with Gasteiger partial charge in [0, 0.05) is 6.08 Å². The lowest BCUT2D eigenvalue weighted by Gasteiger charge is -2.09. The fourth-order valence-electron chi connectivity index (χ4n) is 0.976. The van der Waals surface area contributed by atoms with Crippen LogP contribution in [0.3, 0.4) is 0 Å². The maximum atomic E-state index is 12.0. The molecule has 1 rings (SSSR count). The molecule has 1 aromatic rings. The Morgan fingerprint density at radius 2 is 1.74 bits per heavy atom. The molecule has 0 saturated carbocycles. The van der Waals surface area contributed by atoms with Gasteiger partial charge < -0.3 is 9.29 Å². The predicted octanol–water partition coefficient (Wildman–Crippen LogP) is 2.01. The van der Waals surface area contributed by atoms with E-state index in [0.717, 1.165) is 18.2 Å². The highest BCUT2D eigenvalue weighted by atomic mass is 32.2. The third-order valence-corrected chi connectivity index (χ3v) is 2.77. The average Bonchev–Trinajstić information content (AvgIpc) is 2.26. The summed E-state index contributed by atoms with van der Waals surface area (Å²) in [7, 11) is -5.70. The number of aliphatic carboxylic acids is 1. The number of hydrogen-bond donors (Lipinski definition) is 1. The number of benzene rings is 1. The lowest BCUT2D eigenvalue weighted by atomic mass is 10.2. The van der Waals surface area contributed by atoms with Crippen LogP contribution in [0.4, 0.5) is 13.2 Å². The van der Waals surface area contributed by atoms with Gasteiger partial charge in [0.25, 0.3) is 0 Å². The second kappa shape index (κ2) is 5.31. The largest absolute Gasteiger partial charge is 0.534 e. The van der Waals surface area contributed by atoms with Gasteiger partial charge >= 0.3 is 21.6 Å². The second-order valence-corrected chi connectivity index (χ2v) is 4.76. The number of carbonyl (C=O) groups is 1. The van der Waals surface area contributed by atoms with Gasteiger partial charge in [-0.1, -0.05) is 12.1 Å². The molecule has 0 aliphatic heterocycles. The van der Waals surface area contributed by atoms with E-state index in [1.54, 1.807) is 0 Å². The molecule has 0 bridgehead atoms. The minimum absolute atomic E-state index is 0.360. The van der Waals surface area contributed by atoms with E-state index in [2.05, 4.69) is 4.18 Å². The molecule has 9 heteroatoms. The topological polar surface area (TPSA) is 80.7 Å². The molecule has 5 nitrogen and oxygen atoms in total. The lowest BCUT2D eigenvalue weighted by Crippen LogP contribution is -2.28. The number of carboxylic acid groups (broad SMARTS) is 1. The van der Waals surface area contributed by atoms with Gasteiger partial charge in [0.1, 0.15) is 5.75 Å². The fraction of sp³-hybridized carbons (Fsp3) is 0.100. The van der Waals surface area contributed by atoms with Crippen LogP contribution in [0.5, 0.6) is 5.75 Å². The molecule has 0 unspecified atom stereocenters. The molecular weight excluding hydrogens is 289 g/mol. The number of carboxylic acids is 1. The van der Waals surface area contributed by atoms with Crippen LogP contribution in [0, 0.1) is 0 Å². The zero-order valence-corrected chi connectivity index (χ0v) is 9.90. The van der Waals surface area contributed by atoms with Crippen molar-refractivity contribution in [3.05, 3.63) is 35.9 Å². The van der Waals surface area contributed by atoms with Gasteiger partial charge in [-0.2, -0.15) is 21.6 Å². The smallest absolute Gasteiger partial charge is 0.478 e. The quantitative estimate of drug-likeness (QED) is 0.522. The monoisotopic (exact) mass is 296 g/mol. The van der Waals surface area contributed by atoms with Crippen molar-refractivity contribution >= 4 is 22.2 Å². The Labute approximate surface area is 106 Å². The third kappa shape index (κ3) is 4.28. The first-order chi connectivity index (χ1) is 8.62. The summed E-state index contributed by atoms with van der Waals surface area (Å²) in [6, 6.07) is 4.37. The normalized spacial score (nSPS) is 12.6. The first-order valence-electron chi connectivity index (χ1n) is 4.63. The third-order valence-electron chi connectivity index (χ3n) is 1.79. The Morgan fingerprint density at radius 3 is 2.16 bits per heavy atom. The Bertz CT molecular complexity index is 587. The van der Waals surface area contributed by atoms with E-state index >= 15 is 0 Å². The first-order valence-corrected chi connectivity index (χ1v) is 6.04. The molecular formula is C10H7F3O5S. The van der Waals surface area contributed by atoms with E-state index in [1.807, 2.05) is 0 Å². The van der Waals surface area contributed by atoms with Gasteiger partial charge in [-0.3, -0.25) is 0 Å². The van der Waals surface area contributed by atoms with Crippen molar-refractivity contribution < 1.29 is 35.7 Å². The van der Waals surface area contributed by atoms with Crippen molar-refractivity contribution in [1.82, 2.24) is 0 Å². The summed E-state index contributed by atoms with van der Waals surface area (Å²) in [6.45, 7) is 0. The molecule has 0 saturated heterocycles. The van der Waals surface area contributed by atoms with Crippen LogP contribution in [-0.2, 0) is 14.9 Å². The number of halogens is 3. The van der Waals surface area contributed by atoms with E-state index in [0.29, 0.717) is 5.56 Å². The molecule has 19 heavy (non-hydrogen) atoms. The highest BCUT2D eigenvalue weighted by molar-refractivity contribution is 7.87. The molecule has 0 atom stereocenters. The van der Waals surface area contributed by atoms with Crippen molar-refractivity contribution in [3.63, 3.8) is 0 Å². The van der Waals surface area contributed by atoms with Crippen LogP contribution in [0.2, 0.25) is 0 Å². The minimum atomic E-state index is -5.70. The molecule has 0 aliphatic rings. The summed E-state index contributed by atoms with van der Waals surface area (Å²) in [5, 5.41) is 8.36. The first kappa shape index (κ1) is 15.0. The highest BCUT2D eigenvalue weighted by Crippen LogP contribution is 2.27. The Balaban J connectivity index is 2.87. The zero-order chi connectivity index (χ0) is 14.7. The van der Waals surface area contributed by atoms with Crippen molar-refractivity contribution in [2.75, 3.05) is 0 Å². The standard InChI is InChI=1S/C10H7F3O5S/c11-10(12,13)19(16,17)18-8-4-1-7(2-5-8)3-6-9(14)15/h1-6H,(H,14,15)/b6-3+. The summed E-state index contributed by atoms with van der Waals surface area (Å²) >= 11 is 0. The van der Waals surface area contributed by atoms with E-state index in [-0.39, 0.29) is 0 Å². The summed E-state index contributed by atoms with van der Waals surface area (Å²) in [5.74, 6) is -1.72. The summed E-state index contributed by atoms with van der Waals surface area (Å²) < 4.78 is 61.3. The van der Waals surface area contributed by atoms with Crippen LogP contribution < -0.4 is 4.18 Å². The summed E-state index contributed by atoms with van der Waals surface area (Å²) in [6.07, 6.45) is 2.01. The van der Waals surface area contributed by atoms with Crippen LogP contribution in [-0.4, -0.2) is 25.0 Å². The Morgan fingerprint density at radius 1 is 1.21 bits per heavy atom. The summed E-state index contributed by atoms with van der Waals surface area (Å²) in [5.41, 5.74) is -5.14. The molecule has 0 aromatic heterocycles. The molecule has 0 heterocycles. The highest BCUT2D eigenvalue weighted by Gasteiger charge is 2.48. The van der Waals surface area contributed by atoms with Crippen molar-refractivity contribution in [2.24, 2.45) is 0 Å². The fourth-order valence-corrected chi connectivity index (χ4v) is 1.43. The summed E-state index contributed by atoms with van der Waals surface area (Å²) in [4.78, 5) is 10.2. The van der Waals surface area contributed by atoms with Gasteiger partial charge in [-0.15, -0.1) is 0 Å². The molecule has 104 valence electrons. The van der Waals surface area contributed by atoms with Gasteiger partial charge in [0.15, 0.2) is 0 Å².